The Labute approximate surface area is 384 Å². The van der Waals surface area contributed by atoms with Gasteiger partial charge in [-0.3, -0.25) is 0 Å². The SMILES string of the molecule is c1ccc(Oc2nc3nc4c5nc(Oc6ccccc6)c(Oc6ccccc6)nc5c5nc6nc(Oc7ccccc7)c(Oc7ccccc7)nc6nc5c4nc3nc2Oc2ccccc2)cc1. The molecule has 16 nitrogen and oxygen atoms in total. The van der Waals surface area contributed by atoms with E-state index in [1.807, 2.05) is 109 Å². The van der Waals surface area contributed by atoms with E-state index in [0.29, 0.717) is 34.5 Å². The summed E-state index contributed by atoms with van der Waals surface area (Å²) in [5.41, 5.74) is 1.84. The fourth-order valence-electron chi connectivity index (χ4n) is 7.11. The molecule has 0 unspecified atom stereocenters. The van der Waals surface area contributed by atoms with E-state index < -0.39 is 0 Å². The quantitative estimate of drug-likeness (QED) is 0.0832. The Balaban J connectivity index is 1.14. The Kier molecular flexibility index (Phi) is 10.0. The minimum Gasteiger partial charge on any atom is -0.435 e. The minimum atomic E-state index is 0.0377. The Bertz CT molecular complexity index is 3540. The van der Waals surface area contributed by atoms with Gasteiger partial charge in [0.05, 0.1) is 0 Å². The van der Waals surface area contributed by atoms with Gasteiger partial charge in [-0.15, -0.1) is 0 Å². The van der Waals surface area contributed by atoms with Crippen LogP contribution in [0.2, 0.25) is 0 Å². The molecule has 0 bridgehead atoms. The average Bonchev–Trinajstić information content (AvgIpc) is 3.38. The summed E-state index contributed by atoms with van der Waals surface area (Å²) < 4.78 is 37.9. The first-order valence-corrected chi connectivity index (χ1v) is 21.1. The molecule has 0 aliphatic rings. The summed E-state index contributed by atoms with van der Waals surface area (Å²) in [6.07, 6.45) is 0. The molecule has 0 aliphatic carbocycles. The second kappa shape index (κ2) is 17.2. The molecule has 5 heterocycles. The summed E-state index contributed by atoms with van der Waals surface area (Å²) in [5.74, 6) is 3.23. The molecule has 0 N–H and O–H groups in total. The first kappa shape index (κ1) is 39.6. The first-order chi connectivity index (χ1) is 33.6. The Hall–Kier alpha value is -9.96. The topological polar surface area (TPSA) is 184 Å². The number of benzene rings is 7. The van der Waals surface area contributed by atoms with Gasteiger partial charge < -0.3 is 28.4 Å². The molecule has 0 spiro atoms. The van der Waals surface area contributed by atoms with E-state index >= 15 is 0 Å². The van der Waals surface area contributed by atoms with Gasteiger partial charge in [-0.05, 0) is 72.8 Å². The third-order valence-corrected chi connectivity index (χ3v) is 10.2. The maximum absolute atomic E-state index is 6.40. The van der Waals surface area contributed by atoms with Crippen LogP contribution in [0.3, 0.4) is 0 Å². The van der Waals surface area contributed by atoms with Crippen LogP contribution in [-0.4, -0.2) is 49.8 Å². The Morgan fingerprint density at radius 1 is 0.176 bits per heavy atom. The van der Waals surface area contributed by atoms with E-state index in [4.69, 9.17) is 78.3 Å². The van der Waals surface area contributed by atoms with Gasteiger partial charge in [-0.1, -0.05) is 109 Å². The van der Waals surface area contributed by atoms with Crippen molar-refractivity contribution in [2.24, 2.45) is 0 Å². The molecule has 0 saturated heterocycles. The van der Waals surface area contributed by atoms with Crippen molar-refractivity contribution in [2.45, 2.75) is 0 Å². The van der Waals surface area contributed by atoms with E-state index in [0.717, 1.165) is 0 Å². The maximum Gasteiger partial charge on any atom is 0.286 e. The van der Waals surface area contributed by atoms with Crippen molar-refractivity contribution < 1.29 is 28.4 Å². The normalized spacial score (nSPS) is 11.2. The van der Waals surface area contributed by atoms with Crippen LogP contribution in [0.4, 0.5) is 0 Å². The van der Waals surface area contributed by atoms with Crippen LogP contribution in [0.1, 0.15) is 0 Å². The van der Waals surface area contributed by atoms with Gasteiger partial charge in [0.2, 0.25) is 22.6 Å². The van der Waals surface area contributed by atoms with Crippen LogP contribution >= 0.6 is 0 Å². The summed E-state index contributed by atoms with van der Waals surface area (Å²) in [7, 11) is 0. The van der Waals surface area contributed by atoms with Gasteiger partial charge in [-0.2, -0.15) is 19.9 Å². The van der Waals surface area contributed by atoms with E-state index in [2.05, 4.69) is 0 Å². The van der Waals surface area contributed by atoms with Crippen molar-refractivity contribution in [1.82, 2.24) is 49.8 Å². The number of aromatic nitrogens is 10. The summed E-state index contributed by atoms with van der Waals surface area (Å²) in [6.45, 7) is 0. The lowest BCUT2D eigenvalue weighted by molar-refractivity contribution is 0.394. The van der Waals surface area contributed by atoms with Crippen LogP contribution in [0.25, 0.3) is 55.7 Å². The molecular weight excluding hydrogens is 861 g/mol. The lowest BCUT2D eigenvalue weighted by Crippen LogP contribution is -2.05. The smallest absolute Gasteiger partial charge is 0.286 e. The van der Waals surface area contributed by atoms with Gasteiger partial charge in [-0.25, -0.2) is 29.9 Å². The van der Waals surface area contributed by atoms with Crippen molar-refractivity contribution in [1.29, 1.82) is 0 Å². The second-order valence-corrected chi connectivity index (χ2v) is 14.8. The fourth-order valence-corrected chi connectivity index (χ4v) is 7.11. The van der Waals surface area contributed by atoms with Crippen LogP contribution in [-0.2, 0) is 0 Å². The van der Waals surface area contributed by atoms with Gasteiger partial charge in [0, 0.05) is 0 Å². The average molecular weight is 891 g/mol. The molecule has 5 aromatic heterocycles. The largest absolute Gasteiger partial charge is 0.435 e. The highest BCUT2D eigenvalue weighted by molar-refractivity contribution is 6.19. The van der Waals surface area contributed by atoms with E-state index in [9.17, 15) is 0 Å². The summed E-state index contributed by atoms with van der Waals surface area (Å²) >= 11 is 0. The zero-order valence-electron chi connectivity index (χ0n) is 35.2. The van der Waals surface area contributed by atoms with Crippen molar-refractivity contribution in [3.8, 4) is 69.8 Å². The van der Waals surface area contributed by atoms with Gasteiger partial charge in [0.15, 0.2) is 0 Å². The first-order valence-electron chi connectivity index (χ1n) is 21.1. The Morgan fingerprint density at radius 3 is 0.529 bits per heavy atom. The van der Waals surface area contributed by atoms with Crippen molar-refractivity contribution >= 4 is 55.7 Å². The lowest BCUT2D eigenvalue weighted by atomic mass is 10.2. The lowest BCUT2D eigenvalue weighted by Gasteiger charge is -2.15. The fraction of sp³-hybridized carbons (Fsp3) is 0. The number of fused-ring (bicyclic) bond motifs is 8. The molecule has 16 heteroatoms. The summed E-state index contributed by atoms with van der Waals surface area (Å²) in [4.78, 5) is 49.7. The number of hydrogen-bond donors (Lipinski definition) is 0. The van der Waals surface area contributed by atoms with Crippen LogP contribution in [0, 0.1) is 0 Å². The minimum absolute atomic E-state index is 0.0377. The standard InChI is InChI=1S/C52H30N10O6/c1-7-19-31(20-8-1)63-47-48(64-32-21-9-2-10-22-32)58-42-40-38(54-44-46(56-40)62-52(68-36-29-17-6-18-30-36)50(60-44)66-34-25-13-4-14-26-34)37-39(41(42)57-47)55-45-43(53-37)59-49(65-33-23-11-3-12-24-33)51(61-45)67-35-27-15-5-16-28-35/h1-30H. The third-order valence-electron chi connectivity index (χ3n) is 10.2. The van der Waals surface area contributed by atoms with Gasteiger partial charge >= 0.3 is 0 Å². The molecule has 0 aliphatic heterocycles. The highest BCUT2D eigenvalue weighted by atomic mass is 16.5. The monoisotopic (exact) mass is 890 g/mol. The number of ether oxygens (including phenoxy) is 6. The zero-order chi connectivity index (χ0) is 45.2. The van der Waals surface area contributed by atoms with Gasteiger partial charge in [0.25, 0.3) is 35.3 Å². The highest BCUT2D eigenvalue weighted by Crippen LogP contribution is 2.41. The van der Waals surface area contributed by atoms with Crippen molar-refractivity contribution in [3.05, 3.63) is 182 Å². The molecular formula is C52H30N10O6. The molecule has 0 saturated carbocycles. The van der Waals surface area contributed by atoms with E-state index in [1.54, 1.807) is 72.8 Å². The van der Waals surface area contributed by atoms with Crippen LogP contribution < -0.4 is 28.4 Å². The summed E-state index contributed by atoms with van der Waals surface area (Å²) in [5, 5.41) is 0. The highest BCUT2D eigenvalue weighted by Gasteiger charge is 2.26. The number of rotatable bonds is 12. The molecule has 68 heavy (non-hydrogen) atoms. The van der Waals surface area contributed by atoms with Crippen molar-refractivity contribution in [3.63, 3.8) is 0 Å². The molecule has 324 valence electrons. The Morgan fingerprint density at radius 2 is 0.338 bits per heavy atom. The maximum atomic E-state index is 6.40. The molecule has 0 amide bonds. The predicted octanol–water partition coefficient (Wildman–Crippen LogP) is 12.2. The number of para-hydroxylation sites is 6. The van der Waals surface area contributed by atoms with Crippen molar-refractivity contribution in [2.75, 3.05) is 0 Å². The zero-order valence-corrected chi connectivity index (χ0v) is 35.2. The molecule has 7 aromatic carbocycles. The van der Waals surface area contributed by atoms with E-state index in [1.165, 1.54) is 0 Å². The molecule has 12 aromatic rings. The molecule has 12 rings (SSSR count). The third kappa shape index (κ3) is 7.96. The second-order valence-electron chi connectivity index (χ2n) is 14.8. The molecule has 0 atom stereocenters. The number of hydrogen-bond acceptors (Lipinski definition) is 16. The summed E-state index contributed by atoms with van der Waals surface area (Å²) in [6, 6.07) is 55.0. The van der Waals surface area contributed by atoms with Crippen LogP contribution in [0.15, 0.2) is 182 Å². The van der Waals surface area contributed by atoms with E-state index in [-0.39, 0.29) is 91.0 Å². The molecule has 0 fully saturated rings. The molecule has 0 radical (unpaired) electrons. The van der Waals surface area contributed by atoms with Gasteiger partial charge in [0.1, 0.15) is 67.6 Å². The predicted molar refractivity (Wildman–Crippen MR) is 251 cm³/mol. The number of nitrogens with zero attached hydrogens (tertiary/aromatic N) is 10. The van der Waals surface area contributed by atoms with Crippen LogP contribution in [0.5, 0.6) is 69.8 Å².